The SMILES string of the molecule is CC(CC1(N2CCN(CCOC(F)(F)F)CC2)CCOCC1)C(=O)Nc1cccc(C(F)(F)F)n1. The van der Waals surface area contributed by atoms with Crippen LogP contribution in [-0.4, -0.2) is 85.1 Å². The summed E-state index contributed by atoms with van der Waals surface area (Å²) in [6.45, 7) is 4.88. The van der Waals surface area contributed by atoms with Crippen molar-refractivity contribution in [2.45, 2.75) is 44.3 Å². The maximum Gasteiger partial charge on any atom is 0.522 e. The Morgan fingerprint density at radius 2 is 1.80 bits per heavy atom. The van der Waals surface area contributed by atoms with Crippen LogP contribution in [0.5, 0.6) is 0 Å². The minimum absolute atomic E-state index is 0.160. The van der Waals surface area contributed by atoms with Crippen molar-refractivity contribution in [2.75, 3.05) is 57.9 Å². The third-order valence-corrected chi connectivity index (χ3v) is 6.56. The van der Waals surface area contributed by atoms with Crippen molar-refractivity contribution in [3.05, 3.63) is 23.9 Å². The van der Waals surface area contributed by atoms with E-state index in [1.54, 1.807) is 6.92 Å². The van der Waals surface area contributed by atoms with Crippen molar-refractivity contribution < 1.29 is 40.6 Å². The van der Waals surface area contributed by atoms with Gasteiger partial charge in [0.05, 0.1) is 6.61 Å². The van der Waals surface area contributed by atoms with Crippen LogP contribution in [0.2, 0.25) is 0 Å². The molecule has 2 aliphatic heterocycles. The molecule has 0 aliphatic carbocycles. The molecule has 198 valence electrons. The van der Waals surface area contributed by atoms with Crippen LogP contribution in [-0.2, 0) is 20.4 Å². The minimum atomic E-state index is -4.64. The molecular weight excluding hydrogens is 482 g/mol. The first-order chi connectivity index (χ1) is 16.4. The van der Waals surface area contributed by atoms with Crippen molar-refractivity contribution >= 4 is 11.7 Å². The summed E-state index contributed by atoms with van der Waals surface area (Å²) >= 11 is 0. The van der Waals surface area contributed by atoms with Gasteiger partial charge in [0.2, 0.25) is 5.91 Å². The van der Waals surface area contributed by atoms with E-state index in [4.69, 9.17) is 4.74 Å². The summed E-state index contributed by atoms with van der Waals surface area (Å²) in [5.74, 6) is -1.10. The molecule has 0 bridgehead atoms. The zero-order valence-corrected chi connectivity index (χ0v) is 19.4. The maximum absolute atomic E-state index is 12.9. The summed E-state index contributed by atoms with van der Waals surface area (Å²) in [7, 11) is 0. The number of amides is 1. The first-order valence-electron chi connectivity index (χ1n) is 11.5. The zero-order chi connectivity index (χ0) is 25.7. The van der Waals surface area contributed by atoms with Crippen LogP contribution >= 0.6 is 0 Å². The Bertz CT molecular complexity index is 837. The van der Waals surface area contributed by atoms with E-state index in [9.17, 15) is 31.1 Å². The van der Waals surface area contributed by atoms with Gasteiger partial charge in [0.1, 0.15) is 11.5 Å². The number of hydrogen-bond donors (Lipinski definition) is 1. The highest BCUT2D eigenvalue weighted by Crippen LogP contribution is 2.36. The number of pyridine rings is 1. The number of anilines is 1. The van der Waals surface area contributed by atoms with Crippen LogP contribution in [0.25, 0.3) is 0 Å². The maximum atomic E-state index is 12.9. The third kappa shape index (κ3) is 8.02. The molecule has 1 atom stereocenters. The van der Waals surface area contributed by atoms with Gasteiger partial charge in [-0.15, -0.1) is 13.2 Å². The van der Waals surface area contributed by atoms with Crippen molar-refractivity contribution in [1.82, 2.24) is 14.8 Å². The molecule has 0 spiro atoms. The predicted octanol–water partition coefficient (Wildman–Crippen LogP) is 3.77. The quantitative estimate of drug-likeness (QED) is 0.535. The summed E-state index contributed by atoms with van der Waals surface area (Å²) in [6.07, 6.45) is -7.42. The number of carbonyl (C=O) groups is 1. The first kappa shape index (κ1) is 27.6. The molecule has 13 heteroatoms. The zero-order valence-electron chi connectivity index (χ0n) is 19.4. The molecule has 2 saturated heterocycles. The number of hydrogen-bond acceptors (Lipinski definition) is 6. The molecule has 35 heavy (non-hydrogen) atoms. The molecule has 1 amide bonds. The van der Waals surface area contributed by atoms with Crippen LogP contribution in [0, 0.1) is 5.92 Å². The van der Waals surface area contributed by atoms with Crippen molar-refractivity contribution in [1.29, 1.82) is 0 Å². The van der Waals surface area contributed by atoms with E-state index in [0.29, 0.717) is 58.7 Å². The number of nitrogens with zero attached hydrogens (tertiary/aromatic N) is 3. The number of ether oxygens (including phenoxy) is 2. The van der Waals surface area contributed by atoms with E-state index in [1.165, 1.54) is 12.1 Å². The smallest absolute Gasteiger partial charge is 0.381 e. The average Bonchev–Trinajstić information content (AvgIpc) is 2.79. The van der Waals surface area contributed by atoms with Crippen molar-refractivity contribution in [2.24, 2.45) is 5.92 Å². The second-order valence-electron chi connectivity index (χ2n) is 8.96. The van der Waals surface area contributed by atoms with E-state index in [-0.39, 0.29) is 17.9 Å². The second kappa shape index (κ2) is 11.4. The Balaban J connectivity index is 1.59. The molecule has 2 aliphatic rings. The van der Waals surface area contributed by atoms with Gasteiger partial charge in [0, 0.05) is 57.4 Å². The molecule has 1 unspecified atom stereocenters. The van der Waals surface area contributed by atoms with Gasteiger partial charge < -0.3 is 10.1 Å². The molecule has 3 heterocycles. The summed E-state index contributed by atoms with van der Waals surface area (Å²) in [6, 6.07) is 3.34. The highest BCUT2D eigenvalue weighted by atomic mass is 19.4. The molecule has 0 aromatic carbocycles. The Hall–Kier alpha value is -1.96. The lowest BCUT2D eigenvalue weighted by atomic mass is 9.79. The number of nitrogens with one attached hydrogen (secondary N) is 1. The number of carbonyl (C=O) groups excluding carboxylic acids is 1. The van der Waals surface area contributed by atoms with E-state index < -0.39 is 36.7 Å². The first-order valence-corrected chi connectivity index (χ1v) is 11.5. The largest absolute Gasteiger partial charge is 0.522 e. The van der Waals surface area contributed by atoms with E-state index in [1.807, 2.05) is 4.90 Å². The van der Waals surface area contributed by atoms with Crippen LogP contribution in [0.3, 0.4) is 0 Å². The van der Waals surface area contributed by atoms with E-state index in [2.05, 4.69) is 19.9 Å². The summed E-state index contributed by atoms with van der Waals surface area (Å²) in [4.78, 5) is 20.5. The van der Waals surface area contributed by atoms with Crippen LogP contribution in [0.1, 0.15) is 31.9 Å². The van der Waals surface area contributed by atoms with Gasteiger partial charge in [-0.05, 0) is 31.4 Å². The molecule has 3 rings (SSSR count). The fourth-order valence-electron chi connectivity index (χ4n) is 4.71. The fraction of sp³-hybridized carbons (Fsp3) is 0.727. The Morgan fingerprint density at radius 3 is 2.40 bits per heavy atom. The average molecular weight is 512 g/mol. The fourth-order valence-corrected chi connectivity index (χ4v) is 4.71. The lowest BCUT2D eigenvalue weighted by Gasteiger charge is -2.50. The summed E-state index contributed by atoms with van der Waals surface area (Å²) in [5, 5.41) is 2.49. The highest BCUT2D eigenvalue weighted by molar-refractivity contribution is 5.91. The Kier molecular flexibility index (Phi) is 9.00. The minimum Gasteiger partial charge on any atom is -0.381 e. The van der Waals surface area contributed by atoms with Crippen molar-refractivity contribution in [3.63, 3.8) is 0 Å². The number of piperazine rings is 1. The van der Waals surface area contributed by atoms with Crippen molar-refractivity contribution in [3.8, 4) is 0 Å². The molecule has 0 radical (unpaired) electrons. The monoisotopic (exact) mass is 512 g/mol. The molecule has 0 saturated carbocycles. The number of halogens is 6. The van der Waals surface area contributed by atoms with Crippen LogP contribution in [0.15, 0.2) is 18.2 Å². The van der Waals surface area contributed by atoms with E-state index >= 15 is 0 Å². The topological polar surface area (TPSA) is 66.9 Å². The number of alkyl halides is 6. The normalized spacial score (nSPS) is 21.0. The third-order valence-electron chi connectivity index (χ3n) is 6.56. The summed E-state index contributed by atoms with van der Waals surface area (Å²) < 4.78 is 84.8. The van der Waals surface area contributed by atoms with Gasteiger partial charge in [0.15, 0.2) is 0 Å². The second-order valence-corrected chi connectivity index (χ2v) is 8.96. The van der Waals surface area contributed by atoms with Gasteiger partial charge in [-0.1, -0.05) is 13.0 Å². The Labute approximate surface area is 199 Å². The Morgan fingerprint density at radius 1 is 1.14 bits per heavy atom. The van der Waals surface area contributed by atoms with E-state index in [0.717, 1.165) is 6.07 Å². The van der Waals surface area contributed by atoms with Crippen LogP contribution < -0.4 is 5.32 Å². The molecular formula is C22H30F6N4O3. The lowest BCUT2D eigenvalue weighted by Crippen LogP contribution is -2.60. The van der Waals surface area contributed by atoms with Crippen LogP contribution in [0.4, 0.5) is 32.2 Å². The van der Waals surface area contributed by atoms with Gasteiger partial charge in [-0.3, -0.25) is 19.3 Å². The van der Waals surface area contributed by atoms with Gasteiger partial charge in [-0.2, -0.15) is 13.2 Å². The molecule has 2 fully saturated rings. The van der Waals surface area contributed by atoms with Gasteiger partial charge in [-0.25, -0.2) is 4.98 Å². The highest BCUT2D eigenvalue weighted by Gasteiger charge is 2.42. The molecule has 7 nitrogen and oxygen atoms in total. The molecule has 1 N–H and O–H groups in total. The summed E-state index contributed by atoms with van der Waals surface area (Å²) in [5.41, 5.74) is -1.42. The molecule has 1 aromatic heterocycles. The van der Waals surface area contributed by atoms with Gasteiger partial charge in [0.25, 0.3) is 0 Å². The lowest BCUT2D eigenvalue weighted by molar-refractivity contribution is -0.325. The standard InChI is InChI=1S/C22H30F6N4O3/c1-16(19(33)30-18-4-2-3-17(29-18)21(23,24)25)15-20(5-12-34-13-6-20)32-9-7-31(8-10-32)11-14-35-22(26,27)28/h2-4,16H,5-15H2,1H3,(H,29,30,33). The van der Waals surface area contributed by atoms with Gasteiger partial charge >= 0.3 is 12.5 Å². The molecule has 1 aromatic rings. The number of rotatable bonds is 8. The predicted molar refractivity (Wildman–Crippen MR) is 114 cm³/mol. The number of aromatic nitrogens is 1.